The second kappa shape index (κ2) is 4.25. The fourth-order valence-corrected chi connectivity index (χ4v) is 1.51. The highest BCUT2D eigenvalue weighted by Crippen LogP contribution is 2.24. The van der Waals surface area contributed by atoms with Gasteiger partial charge in [0.15, 0.2) is 0 Å². The summed E-state index contributed by atoms with van der Waals surface area (Å²) in [4.78, 5) is 10.7. The van der Waals surface area contributed by atoms with E-state index in [-0.39, 0.29) is 11.6 Å². The second-order valence-corrected chi connectivity index (χ2v) is 4.07. The molecule has 0 bridgehead atoms. The molecule has 3 unspecified atom stereocenters. The number of rotatable bonds is 4. The molecule has 5 nitrogen and oxygen atoms in total. The molecule has 1 heterocycles. The standard InChI is InChI=1S/C9H19N3O2/c1-6-9(2,3-4-14-6)12-5-7(10)8(11)13/h6-7,12H,3-5,10H2,1-2H3,(H2,11,13). The third kappa shape index (κ3) is 2.43. The van der Waals surface area contributed by atoms with E-state index in [1.807, 2.05) is 6.92 Å². The number of hydrogen-bond donors (Lipinski definition) is 3. The summed E-state index contributed by atoms with van der Waals surface area (Å²) in [5, 5.41) is 3.24. The molecule has 1 aliphatic heterocycles. The lowest BCUT2D eigenvalue weighted by Gasteiger charge is -2.29. The van der Waals surface area contributed by atoms with E-state index in [0.29, 0.717) is 6.54 Å². The first-order valence-electron chi connectivity index (χ1n) is 4.87. The zero-order chi connectivity index (χ0) is 10.8. The normalized spacial score (nSPS) is 34.4. The zero-order valence-corrected chi connectivity index (χ0v) is 8.75. The number of carbonyl (C=O) groups excluding carboxylic acids is 1. The van der Waals surface area contributed by atoms with Gasteiger partial charge in [-0.15, -0.1) is 0 Å². The first kappa shape index (κ1) is 11.4. The van der Waals surface area contributed by atoms with Crippen molar-refractivity contribution >= 4 is 5.91 Å². The van der Waals surface area contributed by atoms with Crippen molar-refractivity contribution in [3.63, 3.8) is 0 Å². The topological polar surface area (TPSA) is 90.4 Å². The quantitative estimate of drug-likeness (QED) is 0.541. The Labute approximate surface area is 84.2 Å². The molecule has 0 spiro atoms. The minimum absolute atomic E-state index is 0.0902. The fourth-order valence-electron chi connectivity index (χ4n) is 1.51. The van der Waals surface area contributed by atoms with E-state index in [1.165, 1.54) is 0 Å². The molecular formula is C9H19N3O2. The van der Waals surface area contributed by atoms with Crippen LogP contribution < -0.4 is 16.8 Å². The van der Waals surface area contributed by atoms with Gasteiger partial charge in [-0.2, -0.15) is 0 Å². The van der Waals surface area contributed by atoms with Crippen LogP contribution in [0.2, 0.25) is 0 Å². The van der Waals surface area contributed by atoms with Crippen molar-refractivity contribution in [2.45, 2.75) is 38.0 Å². The Bertz CT molecular complexity index is 222. The number of primary amides is 1. The molecule has 5 N–H and O–H groups in total. The maximum absolute atomic E-state index is 10.7. The molecule has 82 valence electrons. The predicted molar refractivity (Wildman–Crippen MR) is 53.6 cm³/mol. The Morgan fingerprint density at radius 1 is 1.79 bits per heavy atom. The van der Waals surface area contributed by atoms with Crippen LogP contribution in [0.4, 0.5) is 0 Å². The van der Waals surface area contributed by atoms with Gasteiger partial charge in [0.2, 0.25) is 5.91 Å². The number of nitrogens with two attached hydrogens (primary N) is 2. The van der Waals surface area contributed by atoms with Gasteiger partial charge in [-0.25, -0.2) is 0 Å². The molecule has 1 aliphatic rings. The summed E-state index contributed by atoms with van der Waals surface area (Å²) >= 11 is 0. The minimum atomic E-state index is -0.625. The van der Waals surface area contributed by atoms with Crippen molar-refractivity contribution in [3.05, 3.63) is 0 Å². The summed E-state index contributed by atoms with van der Waals surface area (Å²) in [5.41, 5.74) is 10.5. The van der Waals surface area contributed by atoms with Crippen molar-refractivity contribution in [2.75, 3.05) is 13.2 Å². The largest absolute Gasteiger partial charge is 0.377 e. The molecule has 0 aromatic heterocycles. The number of amides is 1. The van der Waals surface area contributed by atoms with Gasteiger partial charge < -0.3 is 21.5 Å². The van der Waals surface area contributed by atoms with Crippen LogP contribution in [0.15, 0.2) is 0 Å². The minimum Gasteiger partial charge on any atom is -0.377 e. The van der Waals surface area contributed by atoms with Crippen LogP contribution >= 0.6 is 0 Å². The highest BCUT2D eigenvalue weighted by molar-refractivity contribution is 5.79. The molecule has 14 heavy (non-hydrogen) atoms. The third-order valence-corrected chi connectivity index (χ3v) is 2.98. The molecule has 1 amide bonds. The van der Waals surface area contributed by atoms with Gasteiger partial charge in [0.25, 0.3) is 0 Å². The summed E-state index contributed by atoms with van der Waals surface area (Å²) < 4.78 is 5.44. The van der Waals surface area contributed by atoms with Crippen LogP contribution in [-0.4, -0.2) is 36.7 Å². The van der Waals surface area contributed by atoms with Gasteiger partial charge in [0, 0.05) is 18.7 Å². The van der Waals surface area contributed by atoms with Crippen molar-refractivity contribution in [2.24, 2.45) is 11.5 Å². The molecular weight excluding hydrogens is 182 g/mol. The Balaban J connectivity index is 2.40. The summed E-state index contributed by atoms with van der Waals surface area (Å²) in [6.45, 7) is 5.23. The predicted octanol–water partition coefficient (Wildman–Crippen LogP) is -1.04. The summed E-state index contributed by atoms with van der Waals surface area (Å²) in [6, 6.07) is -0.625. The molecule has 1 fully saturated rings. The number of hydrogen-bond acceptors (Lipinski definition) is 4. The van der Waals surface area contributed by atoms with Crippen molar-refractivity contribution < 1.29 is 9.53 Å². The van der Waals surface area contributed by atoms with E-state index in [0.717, 1.165) is 13.0 Å². The molecule has 0 aliphatic carbocycles. The third-order valence-electron chi connectivity index (χ3n) is 2.98. The van der Waals surface area contributed by atoms with E-state index in [1.54, 1.807) is 0 Å². The summed E-state index contributed by atoms with van der Waals surface area (Å²) in [7, 11) is 0. The van der Waals surface area contributed by atoms with Crippen molar-refractivity contribution in [1.82, 2.24) is 5.32 Å². The SMILES string of the molecule is CC1OCCC1(C)NCC(N)C(N)=O. The average Bonchev–Trinajstić information content (AvgIpc) is 2.44. The fraction of sp³-hybridized carbons (Fsp3) is 0.889. The van der Waals surface area contributed by atoms with E-state index in [2.05, 4.69) is 12.2 Å². The molecule has 0 saturated carbocycles. The van der Waals surface area contributed by atoms with Gasteiger partial charge in [0.1, 0.15) is 0 Å². The molecule has 3 atom stereocenters. The van der Waals surface area contributed by atoms with Crippen LogP contribution in [0, 0.1) is 0 Å². The molecule has 5 heteroatoms. The first-order valence-corrected chi connectivity index (χ1v) is 4.87. The molecule has 1 saturated heterocycles. The lowest BCUT2D eigenvalue weighted by atomic mass is 9.94. The van der Waals surface area contributed by atoms with E-state index < -0.39 is 11.9 Å². The van der Waals surface area contributed by atoms with E-state index in [4.69, 9.17) is 16.2 Å². The number of ether oxygens (including phenoxy) is 1. The van der Waals surface area contributed by atoms with Crippen molar-refractivity contribution in [1.29, 1.82) is 0 Å². The Kier molecular flexibility index (Phi) is 3.47. The zero-order valence-electron chi connectivity index (χ0n) is 8.75. The van der Waals surface area contributed by atoms with Crippen LogP contribution in [0.5, 0.6) is 0 Å². The first-order chi connectivity index (χ1) is 6.46. The highest BCUT2D eigenvalue weighted by Gasteiger charge is 2.36. The van der Waals surface area contributed by atoms with E-state index >= 15 is 0 Å². The molecule has 1 rings (SSSR count). The van der Waals surface area contributed by atoms with Gasteiger partial charge in [-0.05, 0) is 20.3 Å². The van der Waals surface area contributed by atoms with Gasteiger partial charge in [-0.3, -0.25) is 4.79 Å². The highest BCUT2D eigenvalue weighted by atomic mass is 16.5. The average molecular weight is 201 g/mol. The molecule has 0 aromatic carbocycles. The van der Waals surface area contributed by atoms with Crippen LogP contribution in [0.3, 0.4) is 0 Å². The number of carbonyl (C=O) groups is 1. The maximum atomic E-state index is 10.7. The monoisotopic (exact) mass is 201 g/mol. The smallest absolute Gasteiger partial charge is 0.235 e. The van der Waals surface area contributed by atoms with Crippen LogP contribution in [0.25, 0.3) is 0 Å². The number of nitrogens with one attached hydrogen (secondary N) is 1. The lowest BCUT2D eigenvalue weighted by molar-refractivity contribution is -0.119. The Morgan fingerprint density at radius 2 is 2.43 bits per heavy atom. The lowest BCUT2D eigenvalue weighted by Crippen LogP contribution is -2.54. The van der Waals surface area contributed by atoms with E-state index in [9.17, 15) is 4.79 Å². The Hall–Kier alpha value is -0.650. The van der Waals surface area contributed by atoms with Gasteiger partial charge >= 0.3 is 0 Å². The van der Waals surface area contributed by atoms with Crippen molar-refractivity contribution in [3.8, 4) is 0 Å². The maximum Gasteiger partial charge on any atom is 0.235 e. The van der Waals surface area contributed by atoms with Gasteiger partial charge in [0.05, 0.1) is 12.1 Å². The summed E-state index contributed by atoms with van der Waals surface area (Å²) in [6.07, 6.45) is 1.07. The van der Waals surface area contributed by atoms with Crippen LogP contribution in [0.1, 0.15) is 20.3 Å². The summed E-state index contributed by atoms with van der Waals surface area (Å²) in [5.74, 6) is -0.479. The van der Waals surface area contributed by atoms with Crippen LogP contribution in [-0.2, 0) is 9.53 Å². The Morgan fingerprint density at radius 3 is 2.86 bits per heavy atom. The second-order valence-electron chi connectivity index (χ2n) is 4.07. The van der Waals surface area contributed by atoms with Gasteiger partial charge in [-0.1, -0.05) is 0 Å². The molecule has 0 aromatic rings. The molecule has 0 radical (unpaired) electrons.